The lowest BCUT2D eigenvalue weighted by Gasteiger charge is -2.11. The fourth-order valence-corrected chi connectivity index (χ4v) is 4.13. The van der Waals surface area contributed by atoms with Gasteiger partial charge < -0.3 is 0 Å². The summed E-state index contributed by atoms with van der Waals surface area (Å²) in [5, 5.41) is 2.78. The quantitative estimate of drug-likeness (QED) is 0.769. The van der Waals surface area contributed by atoms with E-state index in [1.165, 1.54) is 11.3 Å². The highest BCUT2D eigenvalue weighted by atomic mass is 32.2. The average molecular weight is 344 g/mol. The van der Waals surface area contributed by atoms with Crippen LogP contribution in [0.5, 0.6) is 0 Å². The molecule has 2 aromatic carbocycles. The highest BCUT2D eigenvalue weighted by Gasteiger charge is 2.19. The van der Waals surface area contributed by atoms with E-state index in [9.17, 15) is 8.42 Å². The zero-order valence-corrected chi connectivity index (χ0v) is 14.2. The molecule has 23 heavy (non-hydrogen) atoms. The molecule has 1 N–H and O–H groups in total. The van der Waals surface area contributed by atoms with Gasteiger partial charge in [-0.25, -0.2) is 18.1 Å². The van der Waals surface area contributed by atoms with Crippen molar-refractivity contribution in [3.63, 3.8) is 0 Å². The highest BCUT2D eigenvalue weighted by Crippen LogP contribution is 2.27. The van der Waals surface area contributed by atoms with Crippen LogP contribution in [0.2, 0.25) is 0 Å². The molecule has 0 aliphatic carbocycles. The molecular weight excluding hydrogens is 328 g/mol. The van der Waals surface area contributed by atoms with E-state index in [0.717, 1.165) is 16.3 Å². The Bertz CT molecular complexity index is 903. The van der Waals surface area contributed by atoms with E-state index in [1.807, 2.05) is 54.8 Å². The Morgan fingerprint density at radius 1 is 1.04 bits per heavy atom. The minimum atomic E-state index is -3.61. The summed E-state index contributed by atoms with van der Waals surface area (Å²) in [6, 6.07) is 16.5. The predicted octanol–water partition coefficient (Wildman–Crippen LogP) is 3.60. The number of thiazole rings is 1. The summed E-state index contributed by atoms with van der Waals surface area (Å²) in [7, 11) is -3.61. The lowest BCUT2D eigenvalue weighted by molar-refractivity contribution is 0.581. The molecule has 6 heteroatoms. The highest BCUT2D eigenvalue weighted by molar-refractivity contribution is 7.89. The fourth-order valence-electron chi connectivity index (χ4n) is 2.29. The van der Waals surface area contributed by atoms with Crippen LogP contribution in [0, 0.1) is 6.92 Å². The summed E-state index contributed by atoms with van der Waals surface area (Å²) < 4.78 is 28.0. The van der Waals surface area contributed by atoms with E-state index in [4.69, 9.17) is 0 Å². The van der Waals surface area contributed by atoms with Crippen LogP contribution in [0.25, 0.3) is 11.1 Å². The average Bonchev–Trinajstić information content (AvgIpc) is 2.99. The second-order valence-corrected chi connectivity index (χ2v) is 7.84. The molecule has 0 aliphatic rings. The summed E-state index contributed by atoms with van der Waals surface area (Å²) in [4.78, 5) is 4.56. The van der Waals surface area contributed by atoms with E-state index in [0.29, 0.717) is 5.56 Å². The van der Waals surface area contributed by atoms with Gasteiger partial charge in [0.05, 0.1) is 22.1 Å². The third-order valence-electron chi connectivity index (χ3n) is 3.37. The van der Waals surface area contributed by atoms with Gasteiger partial charge in [0.2, 0.25) is 10.0 Å². The summed E-state index contributed by atoms with van der Waals surface area (Å²) in [6.07, 6.45) is 0. The first kappa shape index (κ1) is 15.9. The normalized spacial score (nSPS) is 11.5. The fraction of sp³-hybridized carbons (Fsp3) is 0.118. The molecule has 0 radical (unpaired) electrons. The topological polar surface area (TPSA) is 59.1 Å². The smallest absolute Gasteiger partial charge is 0.241 e. The summed E-state index contributed by atoms with van der Waals surface area (Å²) in [5.41, 5.74) is 2.29. The van der Waals surface area contributed by atoms with Gasteiger partial charge in [-0.15, -0.1) is 11.3 Å². The van der Waals surface area contributed by atoms with E-state index >= 15 is 0 Å². The lowest BCUT2D eigenvalue weighted by atomic mass is 10.1. The molecule has 1 heterocycles. The number of aryl methyl sites for hydroxylation is 1. The van der Waals surface area contributed by atoms with Crippen LogP contribution in [0.3, 0.4) is 0 Å². The molecule has 0 unspecified atom stereocenters. The zero-order chi connectivity index (χ0) is 16.3. The minimum absolute atomic E-state index is 0.190. The van der Waals surface area contributed by atoms with Crippen LogP contribution >= 0.6 is 11.3 Å². The molecule has 0 spiro atoms. The van der Waals surface area contributed by atoms with Crippen LogP contribution in [-0.4, -0.2) is 13.4 Å². The third kappa shape index (κ3) is 3.67. The van der Waals surface area contributed by atoms with Gasteiger partial charge in [0, 0.05) is 10.9 Å². The molecule has 4 nitrogen and oxygen atoms in total. The predicted molar refractivity (Wildman–Crippen MR) is 92.8 cm³/mol. The Hall–Kier alpha value is -2.02. The molecule has 0 aliphatic heterocycles. The van der Waals surface area contributed by atoms with E-state index in [2.05, 4.69) is 9.71 Å². The van der Waals surface area contributed by atoms with Gasteiger partial charge in [-0.2, -0.15) is 0 Å². The maximum Gasteiger partial charge on any atom is 0.241 e. The molecule has 0 amide bonds. The van der Waals surface area contributed by atoms with Gasteiger partial charge in [0.25, 0.3) is 0 Å². The molecule has 0 saturated carbocycles. The number of sulfonamides is 1. The van der Waals surface area contributed by atoms with Gasteiger partial charge in [-0.3, -0.25) is 0 Å². The molecule has 0 atom stereocenters. The van der Waals surface area contributed by atoms with Crippen molar-refractivity contribution in [1.29, 1.82) is 0 Å². The number of rotatable bonds is 5. The lowest BCUT2D eigenvalue weighted by Crippen LogP contribution is -2.24. The van der Waals surface area contributed by atoms with Crippen molar-refractivity contribution in [3.05, 3.63) is 70.7 Å². The Morgan fingerprint density at radius 2 is 1.74 bits per heavy atom. The number of aromatic nitrogens is 1. The van der Waals surface area contributed by atoms with Crippen LogP contribution in [0.1, 0.15) is 10.7 Å². The molecule has 118 valence electrons. The van der Waals surface area contributed by atoms with Crippen molar-refractivity contribution in [2.45, 2.75) is 18.4 Å². The minimum Gasteiger partial charge on any atom is -0.245 e. The summed E-state index contributed by atoms with van der Waals surface area (Å²) in [6.45, 7) is 2.09. The molecule has 3 aromatic rings. The van der Waals surface area contributed by atoms with Crippen LogP contribution in [0.15, 0.2) is 64.9 Å². The van der Waals surface area contributed by atoms with Crippen molar-refractivity contribution >= 4 is 21.4 Å². The molecule has 0 fully saturated rings. The van der Waals surface area contributed by atoms with Crippen LogP contribution in [0.4, 0.5) is 0 Å². The molecular formula is C17H16N2O2S2. The number of nitrogens with one attached hydrogen (secondary N) is 1. The first-order valence-corrected chi connectivity index (χ1v) is 9.48. The van der Waals surface area contributed by atoms with Crippen LogP contribution < -0.4 is 4.72 Å². The van der Waals surface area contributed by atoms with Crippen LogP contribution in [-0.2, 0) is 16.6 Å². The standard InChI is InChI=1S/C17H16N2O2S2/c1-13-19-15(12-22-13)11-18-23(20,21)17-10-6-5-9-16(17)14-7-3-2-4-8-14/h2-10,12,18H,11H2,1H3. The van der Waals surface area contributed by atoms with E-state index < -0.39 is 10.0 Å². The number of benzene rings is 2. The summed E-state index contributed by atoms with van der Waals surface area (Å²) in [5.74, 6) is 0. The van der Waals surface area contributed by atoms with Gasteiger partial charge in [-0.1, -0.05) is 48.5 Å². The molecule has 0 saturated heterocycles. The maximum absolute atomic E-state index is 12.7. The number of nitrogens with zero attached hydrogens (tertiary/aromatic N) is 1. The first-order valence-electron chi connectivity index (χ1n) is 7.11. The zero-order valence-electron chi connectivity index (χ0n) is 12.6. The Labute approximate surface area is 139 Å². The van der Waals surface area contributed by atoms with Crippen molar-refractivity contribution in [1.82, 2.24) is 9.71 Å². The Balaban J connectivity index is 1.91. The van der Waals surface area contributed by atoms with Crippen molar-refractivity contribution in [3.8, 4) is 11.1 Å². The summed E-state index contributed by atoms with van der Waals surface area (Å²) >= 11 is 1.50. The number of hydrogen-bond acceptors (Lipinski definition) is 4. The van der Waals surface area contributed by atoms with Gasteiger partial charge in [0.15, 0.2) is 0 Å². The van der Waals surface area contributed by atoms with Gasteiger partial charge in [-0.05, 0) is 18.6 Å². The molecule has 1 aromatic heterocycles. The second kappa shape index (κ2) is 6.62. The van der Waals surface area contributed by atoms with Gasteiger partial charge in [0.1, 0.15) is 0 Å². The Morgan fingerprint density at radius 3 is 2.43 bits per heavy atom. The maximum atomic E-state index is 12.7. The largest absolute Gasteiger partial charge is 0.245 e. The molecule has 3 rings (SSSR count). The second-order valence-electron chi connectivity index (χ2n) is 5.04. The van der Waals surface area contributed by atoms with Crippen molar-refractivity contribution in [2.24, 2.45) is 0 Å². The monoisotopic (exact) mass is 344 g/mol. The first-order chi connectivity index (χ1) is 11.1. The van der Waals surface area contributed by atoms with E-state index in [-0.39, 0.29) is 11.4 Å². The molecule has 0 bridgehead atoms. The number of hydrogen-bond donors (Lipinski definition) is 1. The SMILES string of the molecule is Cc1nc(CNS(=O)(=O)c2ccccc2-c2ccccc2)cs1. The van der Waals surface area contributed by atoms with E-state index in [1.54, 1.807) is 12.1 Å². The Kier molecular flexibility index (Phi) is 4.56. The van der Waals surface area contributed by atoms with Gasteiger partial charge >= 0.3 is 0 Å². The third-order valence-corrected chi connectivity index (χ3v) is 5.65. The van der Waals surface area contributed by atoms with Crippen molar-refractivity contribution < 1.29 is 8.42 Å². The van der Waals surface area contributed by atoms with Crippen molar-refractivity contribution in [2.75, 3.05) is 0 Å².